The number of hydrogen-bond acceptors (Lipinski definition) is 5. The van der Waals surface area contributed by atoms with Gasteiger partial charge in [-0.15, -0.1) is 23.2 Å². The van der Waals surface area contributed by atoms with Gasteiger partial charge in [0.2, 0.25) is 0 Å². The van der Waals surface area contributed by atoms with Crippen molar-refractivity contribution in [2.75, 3.05) is 34.6 Å². The molecule has 1 aromatic heterocycles. The molecule has 0 radical (unpaired) electrons. The highest BCUT2D eigenvalue weighted by Gasteiger charge is 2.25. The largest absolute Gasteiger partial charge is 0.443 e. The summed E-state index contributed by atoms with van der Waals surface area (Å²) < 4.78 is 11.4. The number of alkyl halides is 2. The molecule has 0 spiro atoms. The first-order valence-electron chi connectivity index (χ1n) is 13.8. The predicted molar refractivity (Wildman–Crippen MR) is 166 cm³/mol. The lowest BCUT2D eigenvalue weighted by Gasteiger charge is -2.28. The van der Waals surface area contributed by atoms with Gasteiger partial charge in [-0.2, -0.15) is 0 Å². The summed E-state index contributed by atoms with van der Waals surface area (Å²) in [5, 5.41) is 1.89. The summed E-state index contributed by atoms with van der Waals surface area (Å²) >= 11 is 11.8. The molecule has 0 aliphatic carbocycles. The Labute approximate surface area is 247 Å². The van der Waals surface area contributed by atoms with E-state index in [9.17, 15) is 9.59 Å². The molecule has 0 unspecified atom stereocenters. The first kappa shape index (κ1) is 31.8. The molecule has 9 heteroatoms. The molecule has 0 bridgehead atoms. The maximum atomic E-state index is 13.1. The molecular formula is C31H41Cl2N3O4. The van der Waals surface area contributed by atoms with Crippen LogP contribution in [0.5, 0.6) is 0 Å². The highest BCUT2D eigenvalue weighted by atomic mass is 35.5. The molecule has 3 rings (SSSR count). The first-order chi connectivity index (χ1) is 18.8. The maximum absolute atomic E-state index is 13.1. The number of aromatic nitrogens is 1. The van der Waals surface area contributed by atoms with E-state index in [1.54, 1.807) is 9.80 Å². The Balaban J connectivity index is 2.01. The standard InChI is InChI=1S/C31H41Cl2N3O4/c1-30(2,3)39-28(37)35(17-9-7-15-32)24-13-11-22-19-23-12-14-25(21-27(23)34-26(22)20-24)36(18-10-8-16-33)29(38)40-31(4,5)6/h11-14,19-21H,7-10,15-18H2,1-6H3. The van der Waals surface area contributed by atoms with Gasteiger partial charge in [-0.05, 0) is 97.6 Å². The summed E-state index contributed by atoms with van der Waals surface area (Å²) in [6, 6.07) is 13.6. The number of hydrogen-bond donors (Lipinski definition) is 0. The molecular weight excluding hydrogens is 549 g/mol. The molecule has 40 heavy (non-hydrogen) atoms. The van der Waals surface area contributed by atoms with E-state index in [4.69, 9.17) is 37.7 Å². The number of amides is 2. The van der Waals surface area contributed by atoms with Crippen LogP contribution in [0, 0.1) is 0 Å². The Morgan fingerprint density at radius 3 is 1.43 bits per heavy atom. The number of rotatable bonds is 10. The van der Waals surface area contributed by atoms with Crippen molar-refractivity contribution in [3.05, 3.63) is 42.5 Å². The lowest BCUT2D eigenvalue weighted by molar-refractivity contribution is 0.0569. The fourth-order valence-corrected chi connectivity index (χ4v) is 4.53. The number of benzene rings is 2. The fraction of sp³-hybridized carbons (Fsp3) is 0.516. The summed E-state index contributed by atoms with van der Waals surface area (Å²) in [7, 11) is 0. The SMILES string of the molecule is CC(C)(C)OC(=O)N(CCCCCl)c1ccc2cc3ccc(N(CCCCCl)C(=O)OC(C)(C)C)cc3nc2c1. The molecule has 1 heterocycles. The zero-order valence-corrected chi connectivity index (χ0v) is 25.9. The van der Waals surface area contributed by atoms with Crippen LogP contribution in [0.2, 0.25) is 0 Å². The third-order valence-electron chi connectivity index (χ3n) is 5.96. The van der Waals surface area contributed by atoms with Crippen molar-refractivity contribution in [2.45, 2.75) is 78.4 Å². The molecule has 0 saturated carbocycles. The predicted octanol–water partition coefficient (Wildman–Crippen LogP) is 8.91. The number of unbranched alkanes of at least 4 members (excludes halogenated alkanes) is 2. The van der Waals surface area contributed by atoms with E-state index in [2.05, 4.69) is 6.07 Å². The zero-order valence-electron chi connectivity index (χ0n) is 24.4. The van der Waals surface area contributed by atoms with Gasteiger partial charge in [0.15, 0.2) is 0 Å². The average Bonchev–Trinajstić information content (AvgIpc) is 2.85. The van der Waals surface area contributed by atoms with E-state index >= 15 is 0 Å². The summed E-state index contributed by atoms with van der Waals surface area (Å²) in [4.78, 5) is 34.4. The third kappa shape index (κ3) is 9.13. The minimum atomic E-state index is -0.618. The second kappa shape index (κ2) is 13.7. The number of halogens is 2. The Morgan fingerprint density at radius 2 is 1.07 bits per heavy atom. The quantitative estimate of drug-likeness (QED) is 0.134. The molecule has 218 valence electrons. The molecule has 3 aromatic rings. The molecule has 0 N–H and O–H groups in total. The van der Waals surface area contributed by atoms with Crippen LogP contribution in [0.4, 0.5) is 21.0 Å². The molecule has 2 amide bonds. The van der Waals surface area contributed by atoms with Crippen molar-refractivity contribution in [1.82, 2.24) is 4.98 Å². The second-order valence-electron chi connectivity index (χ2n) is 11.8. The molecule has 0 aliphatic rings. The molecule has 7 nitrogen and oxygen atoms in total. The van der Waals surface area contributed by atoms with Gasteiger partial charge in [0, 0.05) is 47.0 Å². The van der Waals surface area contributed by atoms with Crippen molar-refractivity contribution in [3.63, 3.8) is 0 Å². The fourth-order valence-electron chi connectivity index (χ4n) is 4.15. The highest BCUT2D eigenvalue weighted by Crippen LogP contribution is 2.29. The minimum absolute atomic E-state index is 0.408. The maximum Gasteiger partial charge on any atom is 0.414 e. The van der Waals surface area contributed by atoms with Crippen LogP contribution in [-0.2, 0) is 9.47 Å². The van der Waals surface area contributed by atoms with Crippen LogP contribution in [-0.4, -0.2) is 53.2 Å². The Bertz CT molecular complexity index is 1220. The summed E-state index contributed by atoms with van der Waals surface area (Å²) in [5.74, 6) is 1.06. The van der Waals surface area contributed by atoms with Gasteiger partial charge in [0.25, 0.3) is 0 Å². The van der Waals surface area contributed by atoms with Gasteiger partial charge in [-0.1, -0.05) is 12.1 Å². The van der Waals surface area contributed by atoms with E-state index < -0.39 is 23.4 Å². The Kier molecular flexibility index (Phi) is 10.9. The minimum Gasteiger partial charge on any atom is -0.443 e. The molecule has 0 saturated heterocycles. The molecule has 0 fully saturated rings. The number of fused-ring (bicyclic) bond motifs is 2. The van der Waals surface area contributed by atoms with Gasteiger partial charge >= 0.3 is 12.2 Å². The van der Waals surface area contributed by atoms with Crippen molar-refractivity contribution in [1.29, 1.82) is 0 Å². The Hall–Kier alpha value is -2.77. The lowest BCUT2D eigenvalue weighted by atomic mass is 10.1. The number of ether oxygens (including phenoxy) is 2. The topological polar surface area (TPSA) is 72.0 Å². The van der Waals surface area contributed by atoms with Crippen molar-refractivity contribution in [3.8, 4) is 0 Å². The van der Waals surface area contributed by atoms with Crippen LogP contribution in [0.25, 0.3) is 21.8 Å². The van der Waals surface area contributed by atoms with Crippen LogP contribution < -0.4 is 9.80 Å². The van der Waals surface area contributed by atoms with Gasteiger partial charge < -0.3 is 9.47 Å². The Morgan fingerprint density at radius 1 is 0.675 bits per heavy atom. The first-order valence-corrected chi connectivity index (χ1v) is 14.9. The van der Waals surface area contributed by atoms with Crippen LogP contribution in [0.3, 0.4) is 0 Å². The molecule has 0 atom stereocenters. The summed E-state index contributed by atoms with van der Waals surface area (Å²) in [6.45, 7) is 12.1. The van der Waals surface area contributed by atoms with Gasteiger partial charge in [-0.25, -0.2) is 14.6 Å². The summed E-state index contributed by atoms with van der Waals surface area (Å²) in [5.41, 5.74) is 1.64. The highest BCUT2D eigenvalue weighted by molar-refractivity contribution is 6.18. The average molecular weight is 591 g/mol. The number of anilines is 2. The van der Waals surface area contributed by atoms with Gasteiger partial charge in [0.1, 0.15) is 11.2 Å². The normalized spacial score (nSPS) is 12.0. The molecule has 0 aliphatic heterocycles. The van der Waals surface area contributed by atoms with E-state index in [0.717, 1.165) is 47.5 Å². The van der Waals surface area contributed by atoms with Crippen LogP contribution >= 0.6 is 23.2 Å². The number of pyridine rings is 1. The van der Waals surface area contributed by atoms with Crippen molar-refractivity contribution >= 4 is 68.6 Å². The van der Waals surface area contributed by atoms with E-state index in [-0.39, 0.29) is 0 Å². The van der Waals surface area contributed by atoms with Gasteiger partial charge in [0.05, 0.1) is 11.0 Å². The number of nitrogens with zero attached hydrogens (tertiary/aromatic N) is 3. The van der Waals surface area contributed by atoms with E-state index in [1.807, 2.05) is 77.9 Å². The monoisotopic (exact) mass is 589 g/mol. The smallest absolute Gasteiger partial charge is 0.414 e. The summed E-state index contributed by atoms with van der Waals surface area (Å²) in [6.07, 6.45) is 2.26. The van der Waals surface area contributed by atoms with Crippen LogP contribution in [0.1, 0.15) is 67.2 Å². The van der Waals surface area contributed by atoms with Crippen molar-refractivity contribution < 1.29 is 19.1 Å². The van der Waals surface area contributed by atoms with Crippen molar-refractivity contribution in [2.24, 2.45) is 0 Å². The number of carbonyl (C=O) groups excluding carboxylic acids is 2. The van der Waals surface area contributed by atoms with E-state index in [0.29, 0.717) is 36.2 Å². The van der Waals surface area contributed by atoms with E-state index in [1.165, 1.54) is 0 Å². The number of carbonyl (C=O) groups is 2. The second-order valence-corrected chi connectivity index (χ2v) is 12.6. The van der Waals surface area contributed by atoms with Crippen LogP contribution in [0.15, 0.2) is 42.5 Å². The zero-order chi connectivity index (χ0) is 29.5. The molecule has 2 aromatic carbocycles. The lowest BCUT2D eigenvalue weighted by Crippen LogP contribution is -2.37. The van der Waals surface area contributed by atoms with Gasteiger partial charge in [-0.3, -0.25) is 9.80 Å². The third-order valence-corrected chi connectivity index (χ3v) is 6.50.